The third-order valence-electron chi connectivity index (χ3n) is 5.96. The van der Waals surface area contributed by atoms with E-state index < -0.39 is 29.4 Å². The van der Waals surface area contributed by atoms with E-state index >= 15 is 0 Å². The van der Waals surface area contributed by atoms with Crippen LogP contribution in [0, 0.1) is 11.3 Å². The van der Waals surface area contributed by atoms with Crippen LogP contribution in [0.1, 0.15) is 35.2 Å². The van der Waals surface area contributed by atoms with Gasteiger partial charge in [0, 0.05) is 11.4 Å². The van der Waals surface area contributed by atoms with E-state index in [1.54, 1.807) is 18.2 Å². The van der Waals surface area contributed by atoms with Crippen molar-refractivity contribution in [2.45, 2.75) is 25.6 Å². The fourth-order valence-corrected chi connectivity index (χ4v) is 4.39. The van der Waals surface area contributed by atoms with E-state index in [1.807, 2.05) is 6.07 Å². The number of hydrogen-bond acceptors (Lipinski definition) is 7. The summed E-state index contributed by atoms with van der Waals surface area (Å²) in [5.74, 6) is -0.797. The number of nitrogens with two attached hydrogens (primary N) is 1. The van der Waals surface area contributed by atoms with Crippen molar-refractivity contribution in [2.24, 2.45) is 5.73 Å². The van der Waals surface area contributed by atoms with Gasteiger partial charge in [-0.3, -0.25) is 4.90 Å². The van der Waals surface area contributed by atoms with Gasteiger partial charge in [-0.05, 0) is 61.3 Å². The van der Waals surface area contributed by atoms with Gasteiger partial charge in [0.05, 0.1) is 29.9 Å². The number of nitrogens with one attached hydrogen (secondary N) is 1. The van der Waals surface area contributed by atoms with Gasteiger partial charge in [-0.15, -0.1) is 5.10 Å². The van der Waals surface area contributed by atoms with Crippen molar-refractivity contribution in [1.82, 2.24) is 14.8 Å². The van der Waals surface area contributed by atoms with Gasteiger partial charge in [-0.2, -0.15) is 18.4 Å². The third kappa shape index (κ3) is 4.14. The fourth-order valence-electron chi connectivity index (χ4n) is 4.39. The number of methoxy groups -OCH3 is 1. The number of aromatic nitrogens is 3. The lowest BCUT2D eigenvalue weighted by Gasteiger charge is -2.36. The standard InChI is InChI=1S/C24H21F3N6O3/c1-13-19(21(34)36-2)20(18-7-6-14(12-29)10-15(18)8-9-28)33-22(30-31-23(33)35)32(13)17-5-3-4-16(11-17)24(25,26)27/h3-7,10-11,20H,8-9,28H2,1-2H3,(H,31,35)/t20-/m1/s1. The Morgan fingerprint density at radius 1 is 1.28 bits per heavy atom. The van der Waals surface area contributed by atoms with Crippen LogP contribution >= 0.6 is 0 Å². The average Bonchev–Trinajstić information content (AvgIpc) is 3.23. The Hall–Kier alpha value is -4.37. The van der Waals surface area contributed by atoms with Gasteiger partial charge in [-0.1, -0.05) is 12.1 Å². The Morgan fingerprint density at radius 3 is 2.67 bits per heavy atom. The molecule has 2 heterocycles. The fraction of sp³-hybridized carbons (Fsp3) is 0.250. The van der Waals surface area contributed by atoms with Crippen molar-refractivity contribution < 1.29 is 22.7 Å². The number of H-pyrrole nitrogens is 1. The van der Waals surface area contributed by atoms with Crippen LogP contribution < -0.4 is 16.3 Å². The molecule has 1 aliphatic rings. The first-order valence-electron chi connectivity index (χ1n) is 10.8. The lowest BCUT2D eigenvalue weighted by atomic mass is 9.89. The number of aromatic amines is 1. The van der Waals surface area contributed by atoms with E-state index in [-0.39, 0.29) is 29.5 Å². The first kappa shape index (κ1) is 24.7. The monoisotopic (exact) mass is 498 g/mol. The number of anilines is 2. The second-order valence-corrected chi connectivity index (χ2v) is 8.04. The Bertz CT molecular complexity index is 1460. The summed E-state index contributed by atoms with van der Waals surface area (Å²) < 4.78 is 46.5. The van der Waals surface area contributed by atoms with E-state index in [1.165, 1.54) is 35.6 Å². The van der Waals surface area contributed by atoms with Crippen LogP contribution in [0.15, 0.2) is 58.5 Å². The average molecular weight is 498 g/mol. The highest BCUT2D eigenvalue weighted by Crippen LogP contribution is 2.43. The van der Waals surface area contributed by atoms with Crippen molar-refractivity contribution in [3.8, 4) is 6.07 Å². The molecular weight excluding hydrogens is 477 g/mol. The molecule has 1 aromatic heterocycles. The molecule has 2 aromatic carbocycles. The van der Waals surface area contributed by atoms with E-state index in [4.69, 9.17) is 10.5 Å². The number of nitrogens with zero attached hydrogens (tertiary/aromatic N) is 4. The number of carbonyl (C=O) groups is 1. The zero-order valence-corrected chi connectivity index (χ0v) is 19.3. The Labute approximate surface area is 203 Å². The van der Waals surface area contributed by atoms with Gasteiger partial charge in [0.15, 0.2) is 0 Å². The summed E-state index contributed by atoms with van der Waals surface area (Å²) in [5.41, 5.74) is 5.97. The Kier molecular flexibility index (Phi) is 6.43. The topological polar surface area (TPSA) is 130 Å². The highest BCUT2D eigenvalue weighted by atomic mass is 19.4. The number of ether oxygens (including phenoxy) is 1. The van der Waals surface area contributed by atoms with Crippen molar-refractivity contribution in [1.29, 1.82) is 5.26 Å². The normalized spacial score (nSPS) is 15.5. The molecule has 0 amide bonds. The highest BCUT2D eigenvalue weighted by molar-refractivity contribution is 5.93. The molecule has 12 heteroatoms. The molecule has 0 saturated carbocycles. The molecule has 0 aliphatic carbocycles. The van der Waals surface area contributed by atoms with Gasteiger partial charge in [-0.25, -0.2) is 19.3 Å². The second kappa shape index (κ2) is 9.35. The number of benzene rings is 2. The lowest BCUT2D eigenvalue weighted by molar-refractivity contribution is -0.138. The number of esters is 1. The van der Waals surface area contributed by atoms with Crippen molar-refractivity contribution >= 4 is 17.6 Å². The van der Waals surface area contributed by atoms with Crippen LogP contribution in [0.3, 0.4) is 0 Å². The number of alkyl halides is 3. The molecule has 36 heavy (non-hydrogen) atoms. The van der Waals surface area contributed by atoms with Gasteiger partial charge < -0.3 is 10.5 Å². The molecule has 0 spiro atoms. The first-order valence-corrected chi connectivity index (χ1v) is 10.8. The lowest BCUT2D eigenvalue weighted by Crippen LogP contribution is -2.38. The number of fused-ring (bicyclic) bond motifs is 1. The molecular formula is C24H21F3N6O3. The minimum absolute atomic E-state index is 0.0162. The smallest absolute Gasteiger partial charge is 0.416 e. The van der Waals surface area contributed by atoms with Crippen LogP contribution in [0.2, 0.25) is 0 Å². The van der Waals surface area contributed by atoms with Crippen LogP contribution in [-0.2, 0) is 22.1 Å². The third-order valence-corrected chi connectivity index (χ3v) is 5.96. The van der Waals surface area contributed by atoms with E-state index in [2.05, 4.69) is 10.2 Å². The van der Waals surface area contributed by atoms with Gasteiger partial charge in [0.25, 0.3) is 0 Å². The molecule has 0 unspecified atom stereocenters. The summed E-state index contributed by atoms with van der Waals surface area (Å²) >= 11 is 0. The molecule has 0 saturated heterocycles. The van der Waals surface area contributed by atoms with Crippen molar-refractivity contribution in [3.05, 3.63) is 86.5 Å². The summed E-state index contributed by atoms with van der Waals surface area (Å²) in [5, 5.41) is 15.7. The largest absolute Gasteiger partial charge is 0.466 e. The summed E-state index contributed by atoms with van der Waals surface area (Å²) in [6.07, 6.45) is -4.27. The molecule has 4 rings (SSSR count). The zero-order valence-electron chi connectivity index (χ0n) is 19.3. The summed E-state index contributed by atoms with van der Waals surface area (Å²) in [6, 6.07) is 10.3. The summed E-state index contributed by atoms with van der Waals surface area (Å²) in [6.45, 7) is 1.77. The molecule has 0 radical (unpaired) electrons. The van der Waals surface area contributed by atoms with Gasteiger partial charge in [0.1, 0.15) is 6.04 Å². The van der Waals surface area contributed by atoms with E-state index in [0.29, 0.717) is 23.1 Å². The second-order valence-electron chi connectivity index (χ2n) is 8.04. The van der Waals surface area contributed by atoms with Crippen LogP contribution in [0.5, 0.6) is 0 Å². The Balaban J connectivity index is 2.03. The molecule has 0 fully saturated rings. The van der Waals surface area contributed by atoms with Crippen LogP contribution in [0.4, 0.5) is 24.8 Å². The molecule has 0 bridgehead atoms. The number of rotatable bonds is 5. The highest BCUT2D eigenvalue weighted by Gasteiger charge is 2.40. The predicted molar refractivity (Wildman–Crippen MR) is 123 cm³/mol. The first-order chi connectivity index (χ1) is 17.1. The van der Waals surface area contributed by atoms with Crippen molar-refractivity contribution in [2.75, 3.05) is 18.6 Å². The molecule has 9 nitrogen and oxygen atoms in total. The minimum Gasteiger partial charge on any atom is -0.466 e. The molecule has 3 aromatic rings. The maximum Gasteiger partial charge on any atom is 0.416 e. The molecule has 1 atom stereocenters. The number of carbonyl (C=O) groups excluding carboxylic acids is 1. The number of allylic oxidation sites excluding steroid dienone is 1. The van der Waals surface area contributed by atoms with Gasteiger partial charge >= 0.3 is 17.8 Å². The number of halogens is 3. The minimum atomic E-state index is -4.61. The zero-order chi connectivity index (χ0) is 26.2. The van der Waals surface area contributed by atoms with E-state index in [9.17, 15) is 28.0 Å². The summed E-state index contributed by atoms with van der Waals surface area (Å²) in [7, 11) is 1.17. The van der Waals surface area contributed by atoms with Crippen LogP contribution in [0.25, 0.3) is 0 Å². The number of nitriles is 1. The maximum absolute atomic E-state index is 13.4. The number of hydrogen-bond donors (Lipinski definition) is 2. The molecule has 1 aliphatic heterocycles. The molecule has 186 valence electrons. The SMILES string of the molecule is COC(=O)C1=C(C)N(c2cccc(C(F)(F)F)c2)c2n[nH]c(=O)n2[C@@H]1c1ccc(C#N)cc1CCN. The predicted octanol–water partition coefficient (Wildman–Crippen LogP) is 3.15. The van der Waals surface area contributed by atoms with Crippen molar-refractivity contribution in [3.63, 3.8) is 0 Å². The maximum atomic E-state index is 13.4. The summed E-state index contributed by atoms with van der Waals surface area (Å²) in [4.78, 5) is 27.4. The van der Waals surface area contributed by atoms with Gasteiger partial charge in [0.2, 0.25) is 5.95 Å². The Morgan fingerprint density at radius 2 is 2.03 bits per heavy atom. The van der Waals surface area contributed by atoms with E-state index in [0.717, 1.165) is 12.1 Å². The quantitative estimate of drug-likeness (QED) is 0.517. The molecule has 3 N–H and O–H groups in total. The van der Waals surface area contributed by atoms with Crippen LogP contribution in [-0.4, -0.2) is 34.4 Å².